The highest BCUT2D eigenvalue weighted by Crippen LogP contribution is 2.44. The van der Waals surface area contributed by atoms with Gasteiger partial charge >= 0.3 is 0 Å². The molecule has 0 unspecified atom stereocenters. The molecule has 0 aliphatic carbocycles. The third kappa shape index (κ3) is 2.51. The van der Waals surface area contributed by atoms with Gasteiger partial charge in [0.1, 0.15) is 0 Å². The van der Waals surface area contributed by atoms with Crippen LogP contribution in [0.25, 0.3) is 70.9 Å². The molecule has 8 rings (SSSR count). The maximum absolute atomic E-state index is 8.73. The number of benzene rings is 6. The smallest absolute Gasteiger partial charge is 0.0724 e. The molecule has 0 atom stereocenters. The van der Waals surface area contributed by atoms with Crippen LogP contribution in [0.4, 0.5) is 0 Å². The van der Waals surface area contributed by atoms with Gasteiger partial charge in [-0.1, -0.05) is 84.7 Å². The highest BCUT2D eigenvalue weighted by atomic mass is 15.0. The second kappa shape index (κ2) is 6.91. The van der Waals surface area contributed by atoms with Crippen LogP contribution in [0.15, 0.2) is 121 Å². The molecule has 6 aromatic carbocycles. The highest BCUT2D eigenvalue weighted by Gasteiger charge is 2.19. The van der Waals surface area contributed by atoms with Crippen LogP contribution in [0.2, 0.25) is 0 Å². The van der Waals surface area contributed by atoms with Gasteiger partial charge < -0.3 is 4.57 Å². The molecular weight excluding hydrogens is 424 g/mol. The normalized spacial score (nSPS) is 16.0. The quantitative estimate of drug-likeness (QED) is 0.239. The lowest BCUT2D eigenvalue weighted by Crippen LogP contribution is -1.94. The second-order valence-corrected chi connectivity index (χ2v) is 8.51. The van der Waals surface area contributed by atoms with Crippen LogP contribution in [0.1, 0.15) is 13.7 Å². The topological polar surface area (TPSA) is 17.8 Å². The summed E-state index contributed by atoms with van der Waals surface area (Å²) >= 11 is 0. The summed E-state index contributed by atoms with van der Waals surface area (Å²) in [5.41, 5.74) is 1.92. The Labute approximate surface area is 216 Å². The average molecular weight is 455 g/mol. The Morgan fingerprint density at radius 2 is 1.31 bits per heavy atom. The van der Waals surface area contributed by atoms with Gasteiger partial charge in [-0.2, -0.15) is 0 Å². The predicted octanol–water partition coefficient (Wildman–Crippen LogP) is 8.74. The molecule has 0 fully saturated rings. The van der Waals surface area contributed by atoms with E-state index < -0.39 is 36.3 Å². The largest absolute Gasteiger partial charge is 0.308 e. The lowest BCUT2D eigenvalue weighted by Gasteiger charge is -2.15. The molecule has 0 N–H and O–H groups in total. The Morgan fingerprint density at radius 1 is 0.600 bits per heavy atom. The van der Waals surface area contributed by atoms with Gasteiger partial charge in [-0.05, 0) is 67.7 Å². The van der Waals surface area contributed by atoms with Crippen LogP contribution in [0, 0.1) is 0 Å². The van der Waals surface area contributed by atoms with Crippen molar-refractivity contribution in [3.63, 3.8) is 0 Å². The van der Waals surface area contributed by atoms with Crippen molar-refractivity contribution in [1.82, 2.24) is 9.55 Å². The van der Waals surface area contributed by atoms with Crippen molar-refractivity contribution in [2.75, 3.05) is 0 Å². The van der Waals surface area contributed by atoms with Crippen LogP contribution in [-0.2, 0) is 0 Å². The molecular formula is C33H20N2. The van der Waals surface area contributed by atoms with Crippen LogP contribution < -0.4 is 0 Å². The van der Waals surface area contributed by atoms with E-state index in [9.17, 15) is 0 Å². The molecule has 0 aliphatic rings. The van der Waals surface area contributed by atoms with E-state index in [2.05, 4.69) is 4.98 Å². The fourth-order valence-electron chi connectivity index (χ4n) is 5.42. The molecule has 0 spiro atoms. The molecule has 0 saturated heterocycles. The fraction of sp³-hybridized carbons (Fsp3) is 0. The number of pyridine rings is 1. The molecule has 8 aromatic rings. The van der Waals surface area contributed by atoms with E-state index in [0.717, 1.165) is 43.1 Å². The van der Waals surface area contributed by atoms with Crippen molar-refractivity contribution in [1.29, 1.82) is 0 Å². The number of fused-ring (bicyclic) bond motifs is 4. The number of rotatable bonds is 2. The van der Waals surface area contributed by atoms with Gasteiger partial charge in [-0.3, -0.25) is 4.98 Å². The first kappa shape index (κ1) is 11.6. The molecule has 2 aromatic heterocycles. The average Bonchev–Trinajstić information content (AvgIpc) is 3.37. The summed E-state index contributed by atoms with van der Waals surface area (Å²) in [7, 11) is 0. The Balaban J connectivity index is 1.55. The van der Waals surface area contributed by atoms with E-state index in [4.69, 9.17) is 13.7 Å². The monoisotopic (exact) mass is 454 g/mol. The van der Waals surface area contributed by atoms with Gasteiger partial charge in [-0.15, -0.1) is 0 Å². The van der Waals surface area contributed by atoms with Crippen molar-refractivity contribution in [2.24, 2.45) is 0 Å². The molecule has 0 bridgehead atoms. The van der Waals surface area contributed by atoms with Gasteiger partial charge in [0.05, 0.1) is 30.9 Å². The lowest BCUT2D eigenvalue weighted by molar-refractivity contribution is 1.17. The molecule has 35 heavy (non-hydrogen) atoms. The van der Waals surface area contributed by atoms with E-state index in [-0.39, 0.29) is 35.4 Å². The van der Waals surface area contributed by atoms with E-state index >= 15 is 0 Å². The van der Waals surface area contributed by atoms with Crippen LogP contribution in [0.5, 0.6) is 0 Å². The fourth-order valence-corrected chi connectivity index (χ4v) is 5.42. The first-order valence-electron chi connectivity index (χ1n) is 16.2. The predicted molar refractivity (Wildman–Crippen MR) is 148 cm³/mol. The first-order chi connectivity index (χ1) is 21.5. The van der Waals surface area contributed by atoms with Crippen LogP contribution >= 0.6 is 0 Å². The van der Waals surface area contributed by atoms with E-state index in [1.807, 2.05) is 42.5 Å². The van der Waals surface area contributed by atoms with E-state index in [0.29, 0.717) is 16.6 Å². The summed E-state index contributed by atoms with van der Waals surface area (Å²) in [6, 6.07) is 11.5. The van der Waals surface area contributed by atoms with Crippen LogP contribution in [-0.4, -0.2) is 9.55 Å². The summed E-state index contributed by atoms with van der Waals surface area (Å²) in [5, 5.41) is 6.72. The Kier molecular flexibility index (Phi) is 2.30. The Hall–Kier alpha value is -4.69. The second-order valence-electron chi connectivity index (χ2n) is 8.51. The molecule has 2 heteroatoms. The van der Waals surface area contributed by atoms with E-state index in [1.165, 1.54) is 0 Å². The number of aromatic nitrogens is 2. The standard InChI is InChI=1S/C33H20N2/c1-3-7-21(8-4-1)25-14-11-22-12-16-28-32-23(13-15-26(25)31(22)32)19-29-33(28)27-17-18-34-20-30(27)35(29)24-9-5-2-6-10-24/h1-20H/i1D,2D,3D,4D,5D,6D,7D,8D,9D,10D. The minimum absolute atomic E-state index is 0.0327. The zero-order chi connectivity index (χ0) is 31.6. The highest BCUT2D eigenvalue weighted by molar-refractivity contribution is 6.33. The van der Waals surface area contributed by atoms with Gasteiger partial charge in [0.15, 0.2) is 0 Å². The number of para-hydroxylation sites is 1. The molecule has 0 radical (unpaired) electrons. The maximum atomic E-state index is 8.73. The summed E-state index contributed by atoms with van der Waals surface area (Å²) in [4.78, 5) is 4.31. The molecule has 162 valence electrons. The number of hydrogen-bond donors (Lipinski definition) is 0. The number of hydrogen-bond acceptors (Lipinski definition) is 1. The SMILES string of the molecule is [2H]c1c([2H])c([2H])c(-c2ccc3ccc4c5c(ccc2c35)cc2c4c3ccncc3n2-c2c([2H])c([2H])c([2H])c([2H])c2[2H])c([2H])c1[2H]. The third-order valence-corrected chi connectivity index (χ3v) is 6.79. The summed E-state index contributed by atoms with van der Waals surface area (Å²) in [6.45, 7) is 0. The zero-order valence-corrected chi connectivity index (χ0v) is 18.2. The van der Waals surface area contributed by atoms with Crippen molar-refractivity contribution in [3.05, 3.63) is 121 Å². The molecule has 0 aliphatic heterocycles. The van der Waals surface area contributed by atoms with Crippen molar-refractivity contribution >= 4 is 54.1 Å². The molecule has 0 saturated carbocycles. The van der Waals surface area contributed by atoms with Gasteiger partial charge in [0.2, 0.25) is 0 Å². The first-order valence-corrected chi connectivity index (χ1v) is 11.2. The zero-order valence-electron chi connectivity index (χ0n) is 28.2. The molecule has 0 amide bonds. The third-order valence-electron chi connectivity index (χ3n) is 6.79. The van der Waals surface area contributed by atoms with Gasteiger partial charge in [0, 0.05) is 22.7 Å². The van der Waals surface area contributed by atoms with Crippen molar-refractivity contribution in [3.8, 4) is 16.8 Å². The van der Waals surface area contributed by atoms with Crippen molar-refractivity contribution < 1.29 is 13.7 Å². The summed E-state index contributed by atoms with van der Waals surface area (Å²) < 4.78 is 85.6. The summed E-state index contributed by atoms with van der Waals surface area (Å²) in [5.74, 6) is 0. The summed E-state index contributed by atoms with van der Waals surface area (Å²) in [6.07, 6.45) is 3.28. The molecule has 2 nitrogen and oxygen atoms in total. The molecule has 2 heterocycles. The number of nitrogens with zero attached hydrogens (tertiary/aromatic N) is 2. The van der Waals surface area contributed by atoms with Gasteiger partial charge in [-0.25, -0.2) is 0 Å². The van der Waals surface area contributed by atoms with Crippen LogP contribution in [0.3, 0.4) is 0 Å². The Bertz CT molecular complexity index is 2550. The minimum Gasteiger partial charge on any atom is -0.308 e. The Morgan fingerprint density at radius 3 is 2.17 bits per heavy atom. The maximum Gasteiger partial charge on any atom is 0.0724 e. The lowest BCUT2D eigenvalue weighted by atomic mass is 9.88. The van der Waals surface area contributed by atoms with E-state index in [1.54, 1.807) is 23.0 Å². The minimum atomic E-state index is -0.468. The van der Waals surface area contributed by atoms with Gasteiger partial charge in [0.25, 0.3) is 0 Å². The van der Waals surface area contributed by atoms with Crippen molar-refractivity contribution in [2.45, 2.75) is 0 Å².